The molecular formula is C28H26N2O6. The molecule has 0 radical (unpaired) electrons. The number of benzene rings is 3. The van der Waals surface area contributed by atoms with Crippen molar-refractivity contribution in [2.24, 2.45) is 0 Å². The zero-order chi connectivity index (χ0) is 25.7. The average molecular weight is 487 g/mol. The first-order chi connectivity index (χ1) is 17.3. The van der Waals surface area contributed by atoms with E-state index in [2.05, 4.69) is 10.6 Å². The largest absolute Gasteiger partial charge is 0.480 e. The van der Waals surface area contributed by atoms with Crippen LogP contribution in [0.25, 0.3) is 11.1 Å². The highest BCUT2D eigenvalue weighted by Crippen LogP contribution is 2.44. The Labute approximate surface area is 208 Å². The van der Waals surface area contributed by atoms with Crippen LogP contribution >= 0.6 is 0 Å². The number of rotatable bonds is 9. The fraction of sp³-hybridized carbons (Fsp3) is 0.214. The van der Waals surface area contributed by atoms with Gasteiger partial charge in [0.1, 0.15) is 12.6 Å². The Morgan fingerprint density at radius 2 is 1.47 bits per heavy atom. The highest BCUT2D eigenvalue weighted by molar-refractivity contribution is 5.95. The molecule has 2 amide bonds. The van der Waals surface area contributed by atoms with Gasteiger partial charge in [0, 0.05) is 23.6 Å². The Morgan fingerprint density at radius 1 is 0.889 bits per heavy atom. The predicted octanol–water partition coefficient (Wildman–Crippen LogP) is 4.60. The molecule has 1 unspecified atom stereocenters. The number of ketones is 1. The Hall–Kier alpha value is -4.46. The number of carboxylic acid groups (broad SMARTS) is 1. The van der Waals surface area contributed by atoms with Crippen LogP contribution in [0, 0.1) is 0 Å². The molecule has 3 aromatic carbocycles. The molecule has 3 aromatic rings. The molecule has 8 heteroatoms. The molecule has 0 fully saturated rings. The molecule has 36 heavy (non-hydrogen) atoms. The molecule has 184 valence electrons. The van der Waals surface area contributed by atoms with Gasteiger partial charge in [0.2, 0.25) is 5.91 Å². The van der Waals surface area contributed by atoms with Gasteiger partial charge < -0.3 is 20.5 Å². The maximum Gasteiger partial charge on any atom is 0.407 e. The smallest absolute Gasteiger partial charge is 0.407 e. The zero-order valence-corrected chi connectivity index (χ0v) is 19.7. The minimum atomic E-state index is -1.29. The molecule has 3 N–H and O–H groups in total. The molecule has 4 rings (SSSR count). The summed E-state index contributed by atoms with van der Waals surface area (Å²) in [7, 11) is 0. The lowest BCUT2D eigenvalue weighted by atomic mass is 9.98. The summed E-state index contributed by atoms with van der Waals surface area (Å²) in [6.45, 7) is 1.51. The van der Waals surface area contributed by atoms with E-state index in [-0.39, 0.29) is 31.1 Å². The van der Waals surface area contributed by atoms with Gasteiger partial charge in [-0.05, 0) is 59.9 Å². The lowest BCUT2D eigenvalue weighted by Crippen LogP contribution is -2.42. The van der Waals surface area contributed by atoms with Gasteiger partial charge in [-0.3, -0.25) is 9.59 Å². The lowest BCUT2D eigenvalue weighted by molar-refractivity contribution is -0.139. The quantitative estimate of drug-likeness (QED) is 0.380. The van der Waals surface area contributed by atoms with Crippen LogP contribution in [0.1, 0.15) is 47.2 Å². The summed E-state index contributed by atoms with van der Waals surface area (Å²) in [6, 6.07) is 20.9. The number of hydrogen-bond acceptors (Lipinski definition) is 5. The summed E-state index contributed by atoms with van der Waals surface area (Å²) in [4.78, 5) is 47.7. The van der Waals surface area contributed by atoms with Crippen molar-refractivity contribution < 1.29 is 29.0 Å². The van der Waals surface area contributed by atoms with Crippen LogP contribution in [0.15, 0.2) is 72.8 Å². The van der Waals surface area contributed by atoms with Gasteiger partial charge in [-0.25, -0.2) is 9.59 Å². The number of Topliss-reactive ketones (excluding diaryl/α,β-unsaturated/α-hetero) is 1. The van der Waals surface area contributed by atoms with Gasteiger partial charge in [0.15, 0.2) is 5.78 Å². The van der Waals surface area contributed by atoms with E-state index in [1.165, 1.54) is 6.92 Å². The summed E-state index contributed by atoms with van der Waals surface area (Å²) in [5, 5.41) is 14.5. The Balaban J connectivity index is 1.30. The summed E-state index contributed by atoms with van der Waals surface area (Å²) in [6.07, 6.45) is -1.10. The molecular weight excluding hydrogens is 460 g/mol. The molecule has 0 aliphatic heterocycles. The first-order valence-corrected chi connectivity index (χ1v) is 11.6. The second kappa shape index (κ2) is 10.9. The van der Waals surface area contributed by atoms with E-state index >= 15 is 0 Å². The number of aliphatic carboxylic acids is 1. The molecule has 0 spiro atoms. The van der Waals surface area contributed by atoms with Crippen LogP contribution in [-0.4, -0.2) is 41.5 Å². The fourth-order valence-electron chi connectivity index (χ4n) is 4.33. The van der Waals surface area contributed by atoms with Gasteiger partial charge in [-0.2, -0.15) is 0 Å². The molecule has 1 atom stereocenters. The second-order valence-electron chi connectivity index (χ2n) is 8.58. The number of amides is 2. The van der Waals surface area contributed by atoms with E-state index < -0.39 is 24.0 Å². The van der Waals surface area contributed by atoms with Gasteiger partial charge in [0.05, 0.1) is 0 Å². The number of carbonyl (C=O) groups excluding carboxylic acids is 3. The molecule has 0 bridgehead atoms. The third-order valence-electron chi connectivity index (χ3n) is 6.17. The third kappa shape index (κ3) is 5.60. The molecule has 0 saturated heterocycles. The van der Waals surface area contributed by atoms with Crippen LogP contribution in [0.4, 0.5) is 10.5 Å². The number of anilines is 1. The maximum atomic E-state index is 12.4. The van der Waals surface area contributed by atoms with Crippen LogP contribution in [0.3, 0.4) is 0 Å². The normalized spacial score (nSPS) is 12.7. The van der Waals surface area contributed by atoms with Gasteiger partial charge in [-0.1, -0.05) is 48.5 Å². The minimum absolute atomic E-state index is 0.0585. The Morgan fingerprint density at radius 3 is 2.03 bits per heavy atom. The standard InChI is InChI=1S/C28H26N2O6/c1-17(31)18-10-12-19(13-11-18)29-26(32)15-14-25(27(33)34)30-28(35)36-16-24-22-8-4-2-6-20(22)21-7-3-5-9-23(21)24/h2-13,24-25H,14-16H2,1H3,(H,29,32)(H,30,35)(H,33,34). The number of hydrogen-bond donors (Lipinski definition) is 3. The monoisotopic (exact) mass is 486 g/mol. The van der Waals surface area contributed by atoms with Crippen LogP contribution < -0.4 is 10.6 Å². The topological polar surface area (TPSA) is 122 Å². The fourth-order valence-corrected chi connectivity index (χ4v) is 4.33. The highest BCUT2D eigenvalue weighted by Gasteiger charge is 2.29. The third-order valence-corrected chi connectivity index (χ3v) is 6.17. The van der Waals surface area contributed by atoms with Crippen molar-refractivity contribution in [1.29, 1.82) is 0 Å². The maximum absolute atomic E-state index is 12.4. The first-order valence-electron chi connectivity index (χ1n) is 11.6. The predicted molar refractivity (Wildman–Crippen MR) is 134 cm³/mol. The van der Waals surface area contributed by atoms with Crippen molar-refractivity contribution in [3.05, 3.63) is 89.5 Å². The minimum Gasteiger partial charge on any atom is -0.480 e. The van der Waals surface area contributed by atoms with E-state index in [1.54, 1.807) is 24.3 Å². The second-order valence-corrected chi connectivity index (χ2v) is 8.58. The summed E-state index contributed by atoms with van der Waals surface area (Å²) in [5.41, 5.74) is 5.29. The number of alkyl carbamates (subject to hydrolysis) is 1. The van der Waals surface area contributed by atoms with Crippen molar-refractivity contribution >= 4 is 29.4 Å². The van der Waals surface area contributed by atoms with Crippen molar-refractivity contribution in [3.8, 4) is 11.1 Å². The lowest BCUT2D eigenvalue weighted by Gasteiger charge is -2.17. The van der Waals surface area contributed by atoms with Crippen molar-refractivity contribution in [2.75, 3.05) is 11.9 Å². The van der Waals surface area contributed by atoms with Crippen molar-refractivity contribution in [2.45, 2.75) is 31.7 Å². The Kier molecular flexibility index (Phi) is 7.44. The van der Waals surface area contributed by atoms with E-state index in [4.69, 9.17) is 4.74 Å². The molecule has 1 aliphatic carbocycles. The van der Waals surface area contributed by atoms with E-state index in [1.807, 2.05) is 48.5 Å². The molecule has 1 aliphatic rings. The van der Waals surface area contributed by atoms with Crippen molar-refractivity contribution in [3.63, 3.8) is 0 Å². The van der Waals surface area contributed by atoms with Gasteiger partial charge in [0.25, 0.3) is 0 Å². The van der Waals surface area contributed by atoms with Crippen molar-refractivity contribution in [1.82, 2.24) is 5.32 Å². The molecule has 8 nitrogen and oxygen atoms in total. The summed E-state index contributed by atoms with van der Waals surface area (Å²) in [5.74, 6) is -1.91. The van der Waals surface area contributed by atoms with Crippen LogP contribution in [-0.2, 0) is 14.3 Å². The van der Waals surface area contributed by atoms with Gasteiger partial charge in [-0.15, -0.1) is 0 Å². The highest BCUT2D eigenvalue weighted by atomic mass is 16.5. The number of nitrogens with one attached hydrogen (secondary N) is 2. The van der Waals surface area contributed by atoms with E-state index in [0.29, 0.717) is 11.3 Å². The SMILES string of the molecule is CC(=O)c1ccc(NC(=O)CCC(NC(=O)OCC2c3ccccc3-c3ccccc32)C(=O)O)cc1. The van der Waals surface area contributed by atoms with Gasteiger partial charge >= 0.3 is 12.1 Å². The molecule has 0 saturated carbocycles. The molecule has 0 aromatic heterocycles. The number of carboxylic acids is 1. The average Bonchev–Trinajstić information content (AvgIpc) is 3.19. The summed E-state index contributed by atoms with van der Waals surface area (Å²) >= 11 is 0. The first kappa shape index (κ1) is 24.7. The summed E-state index contributed by atoms with van der Waals surface area (Å²) < 4.78 is 5.41. The zero-order valence-electron chi connectivity index (χ0n) is 19.7. The van der Waals surface area contributed by atoms with Crippen LogP contribution in [0.5, 0.6) is 0 Å². The van der Waals surface area contributed by atoms with Crippen LogP contribution in [0.2, 0.25) is 0 Å². The number of ether oxygens (including phenoxy) is 1. The Bertz CT molecular complexity index is 1260. The molecule has 0 heterocycles. The van der Waals surface area contributed by atoms with E-state index in [9.17, 15) is 24.3 Å². The van der Waals surface area contributed by atoms with E-state index in [0.717, 1.165) is 22.3 Å². The number of fused-ring (bicyclic) bond motifs is 3. The number of carbonyl (C=O) groups is 4.